The van der Waals surface area contributed by atoms with Gasteiger partial charge in [-0.15, -0.1) is 0 Å². The molecular formula is C15H11F2NO3. The Morgan fingerprint density at radius 2 is 1.86 bits per heavy atom. The van der Waals surface area contributed by atoms with Crippen molar-refractivity contribution in [2.24, 2.45) is 0 Å². The van der Waals surface area contributed by atoms with Crippen LogP contribution < -0.4 is 10.1 Å². The number of amides is 1. The molecule has 0 aliphatic rings. The highest BCUT2D eigenvalue weighted by Crippen LogP contribution is 2.19. The molecule has 0 fully saturated rings. The van der Waals surface area contributed by atoms with Crippen LogP contribution in [0.5, 0.6) is 5.75 Å². The number of esters is 1. The maximum Gasteiger partial charge on any atom is 0.346 e. The highest BCUT2D eigenvalue weighted by Gasteiger charge is 2.15. The van der Waals surface area contributed by atoms with E-state index >= 15 is 0 Å². The van der Waals surface area contributed by atoms with Crippen LogP contribution in [0.25, 0.3) is 0 Å². The van der Waals surface area contributed by atoms with E-state index in [9.17, 15) is 18.4 Å². The van der Waals surface area contributed by atoms with Crippen LogP contribution in [-0.2, 0) is 4.79 Å². The molecule has 0 heterocycles. The van der Waals surface area contributed by atoms with Gasteiger partial charge in [-0.05, 0) is 24.3 Å². The van der Waals surface area contributed by atoms with Crippen LogP contribution in [0.1, 0.15) is 17.3 Å². The molecule has 1 amide bonds. The van der Waals surface area contributed by atoms with E-state index in [4.69, 9.17) is 4.74 Å². The van der Waals surface area contributed by atoms with Gasteiger partial charge in [-0.2, -0.15) is 0 Å². The fourth-order valence-electron chi connectivity index (χ4n) is 1.66. The summed E-state index contributed by atoms with van der Waals surface area (Å²) >= 11 is 0. The first kappa shape index (κ1) is 14.6. The lowest BCUT2D eigenvalue weighted by molar-refractivity contribution is -0.114. The van der Waals surface area contributed by atoms with Crippen LogP contribution in [0.2, 0.25) is 0 Å². The third-order valence-corrected chi connectivity index (χ3v) is 2.52. The lowest BCUT2D eigenvalue weighted by atomic mass is 10.2. The number of ether oxygens (including phenoxy) is 1. The second-order valence-electron chi connectivity index (χ2n) is 4.22. The van der Waals surface area contributed by atoms with Gasteiger partial charge in [0.2, 0.25) is 5.91 Å². The summed E-state index contributed by atoms with van der Waals surface area (Å²) in [6, 6.07) is 8.64. The number of hydrogen-bond donors (Lipinski definition) is 1. The standard InChI is InChI=1S/C15H11F2NO3/c1-9(19)18-11-3-2-4-12(8-11)21-15(20)13-6-5-10(16)7-14(13)17/h2-8H,1H3,(H,18,19). The molecule has 0 saturated heterocycles. The molecule has 0 spiro atoms. The number of carbonyl (C=O) groups excluding carboxylic acids is 2. The molecule has 21 heavy (non-hydrogen) atoms. The first-order valence-electron chi connectivity index (χ1n) is 6.00. The summed E-state index contributed by atoms with van der Waals surface area (Å²) in [6.45, 7) is 1.34. The molecule has 0 saturated carbocycles. The lowest BCUT2D eigenvalue weighted by Crippen LogP contribution is -2.11. The molecule has 2 aromatic carbocycles. The van der Waals surface area contributed by atoms with Crippen LogP contribution >= 0.6 is 0 Å². The number of rotatable bonds is 3. The van der Waals surface area contributed by atoms with E-state index in [1.54, 1.807) is 12.1 Å². The summed E-state index contributed by atoms with van der Waals surface area (Å²) < 4.78 is 31.2. The van der Waals surface area contributed by atoms with E-state index in [1.165, 1.54) is 19.1 Å². The van der Waals surface area contributed by atoms with Gasteiger partial charge in [0.05, 0.1) is 5.56 Å². The molecule has 108 valence electrons. The van der Waals surface area contributed by atoms with Crippen LogP contribution in [0.4, 0.5) is 14.5 Å². The zero-order valence-corrected chi connectivity index (χ0v) is 11.0. The van der Waals surface area contributed by atoms with Gasteiger partial charge < -0.3 is 10.1 Å². The summed E-state index contributed by atoms with van der Waals surface area (Å²) in [5.74, 6) is -2.87. The molecular weight excluding hydrogens is 280 g/mol. The SMILES string of the molecule is CC(=O)Nc1cccc(OC(=O)c2ccc(F)cc2F)c1. The minimum atomic E-state index is -1.00. The number of anilines is 1. The Balaban J connectivity index is 2.17. The van der Waals surface area contributed by atoms with Crippen molar-refractivity contribution >= 4 is 17.6 Å². The highest BCUT2D eigenvalue weighted by atomic mass is 19.1. The Morgan fingerprint density at radius 1 is 1.10 bits per heavy atom. The van der Waals surface area contributed by atoms with Crippen molar-refractivity contribution < 1.29 is 23.1 Å². The van der Waals surface area contributed by atoms with Gasteiger partial charge in [-0.3, -0.25) is 4.79 Å². The zero-order valence-electron chi connectivity index (χ0n) is 11.0. The average molecular weight is 291 g/mol. The van der Waals surface area contributed by atoms with Crippen molar-refractivity contribution in [2.45, 2.75) is 6.92 Å². The normalized spacial score (nSPS) is 10.0. The zero-order chi connectivity index (χ0) is 15.4. The number of carbonyl (C=O) groups is 2. The number of benzene rings is 2. The molecule has 0 unspecified atom stereocenters. The van der Waals surface area contributed by atoms with Crippen molar-refractivity contribution in [3.8, 4) is 5.75 Å². The Hall–Kier alpha value is -2.76. The number of halogens is 2. The highest BCUT2D eigenvalue weighted by molar-refractivity contribution is 5.92. The topological polar surface area (TPSA) is 55.4 Å². The van der Waals surface area contributed by atoms with E-state index in [-0.39, 0.29) is 17.2 Å². The van der Waals surface area contributed by atoms with Crippen LogP contribution in [-0.4, -0.2) is 11.9 Å². The summed E-state index contributed by atoms with van der Waals surface area (Å²) in [7, 11) is 0. The first-order chi connectivity index (χ1) is 9.95. The van der Waals surface area contributed by atoms with Gasteiger partial charge in [0, 0.05) is 24.7 Å². The van der Waals surface area contributed by atoms with Crippen LogP contribution in [0.3, 0.4) is 0 Å². The van der Waals surface area contributed by atoms with E-state index in [0.29, 0.717) is 11.8 Å². The summed E-state index contributed by atoms with van der Waals surface area (Å²) in [5, 5.41) is 2.52. The third kappa shape index (κ3) is 3.85. The smallest absolute Gasteiger partial charge is 0.346 e. The molecule has 0 aliphatic heterocycles. The van der Waals surface area contributed by atoms with E-state index in [2.05, 4.69) is 5.32 Å². The average Bonchev–Trinajstić information content (AvgIpc) is 2.37. The maximum atomic E-state index is 13.5. The molecule has 2 rings (SSSR count). The lowest BCUT2D eigenvalue weighted by Gasteiger charge is -2.07. The van der Waals surface area contributed by atoms with E-state index in [1.807, 2.05) is 0 Å². The predicted molar refractivity (Wildman–Crippen MR) is 72.1 cm³/mol. The molecule has 4 nitrogen and oxygen atoms in total. The molecule has 0 aromatic heterocycles. The van der Waals surface area contributed by atoms with Gasteiger partial charge in [0.15, 0.2) is 0 Å². The van der Waals surface area contributed by atoms with Crippen molar-refractivity contribution in [1.29, 1.82) is 0 Å². The van der Waals surface area contributed by atoms with Gasteiger partial charge in [0.25, 0.3) is 0 Å². The monoisotopic (exact) mass is 291 g/mol. The van der Waals surface area contributed by atoms with Gasteiger partial charge in [-0.25, -0.2) is 13.6 Å². The first-order valence-corrected chi connectivity index (χ1v) is 6.00. The molecule has 6 heteroatoms. The fraction of sp³-hybridized carbons (Fsp3) is 0.0667. The van der Waals surface area contributed by atoms with Gasteiger partial charge in [0.1, 0.15) is 17.4 Å². The molecule has 0 bridgehead atoms. The second-order valence-corrected chi connectivity index (χ2v) is 4.22. The Morgan fingerprint density at radius 3 is 2.52 bits per heavy atom. The number of hydrogen-bond acceptors (Lipinski definition) is 3. The molecule has 0 atom stereocenters. The minimum absolute atomic E-state index is 0.134. The van der Waals surface area contributed by atoms with Gasteiger partial charge >= 0.3 is 5.97 Å². The Bertz CT molecular complexity index is 701. The Labute approximate surface area is 119 Å². The van der Waals surface area contributed by atoms with Crippen molar-refractivity contribution in [3.63, 3.8) is 0 Å². The second kappa shape index (κ2) is 6.13. The summed E-state index contributed by atoms with van der Waals surface area (Å²) in [5.41, 5.74) is 0.0636. The quantitative estimate of drug-likeness (QED) is 0.698. The van der Waals surface area contributed by atoms with Crippen molar-refractivity contribution in [2.75, 3.05) is 5.32 Å². The molecule has 0 radical (unpaired) electrons. The van der Waals surface area contributed by atoms with E-state index < -0.39 is 17.6 Å². The molecule has 0 aliphatic carbocycles. The predicted octanol–water partition coefficient (Wildman–Crippen LogP) is 3.14. The minimum Gasteiger partial charge on any atom is -0.423 e. The van der Waals surface area contributed by atoms with E-state index in [0.717, 1.165) is 12.1 Å². The number of nitrogens with one attached hydrogen (secondary N) is 1. The maximum absolute atomic E-state index is 13.5. The van der Waals surface area contributed by atoms with Crippen LogP contribution in [0.15, 0.2) is 42.5 Å². The third-order valence-electron chi connectivity index (χ3n) is 2.52. The Kier molecular flexibility index (Phi) is 4.27. The largest absolute Gasteiger partial charge is 0.423 e. The van der Waals surface area contributed by atoms with Crippen molar-refractivity contribution in [3.05, 3.63) is 59.7 Å². The van der Waals surface area contributed by atoms with Crippen LogP contribution in [0, 0.1) is 11.6 Å². The van der Waals surface area contributed by atoms with Gasteiger partial charge in [-0.1, -0.05) is 6.07 Å². The van der Waals surface area contributed by atoms with Crippen molar-refractivity contribution in [1.82, 2.24) is 0 Å². The summed E-state index contributed by atoms with van der Waals surface area (Å²) in [4.78, 5) is 22.7. The fourth-order valence-corrected chi connectivity index (χ4v) is 1.66. The molecule has 1 N–H and O–H groups in total. The molecule has 2 aromatic rings. The summed E-state index contributed by atoms with van der Waals surface area (Å²) in [6.07, 6.45) is 0.